The molecule has 0 rings (SSSR count). The number of hydrogen-bond donors (Lipinski definition) is 4. The Morgan fingerprint density at radius 3 is 1.33 bits per heavy atom. The van der Waals surface area contributed by atoms with Crippen LogP contribution in [0, 0.1) is 16.2 Å². The molecule has 0 aliphatic heterocycles. The summed E-state index contributed by atoms with van der Waals surface area (Å²) in [7, 11) is 0. The molecule has 0 atom stereocenters. The summed E-state index contributed by atoms with van der Waals surface area (Å²) in [5.41, 5.74) is 4.54. The third-order valence-corrected chi connectivity index (χ3v) is 0.287. The number of carbonyl (C=O) groups is 1. The van der Waals surface area contributed by atoms with Gasteiger partial charge in [-0.3, -0.25) is 0 Å². The predicted molar refractivity (Wildman–Crippen MR) is 46.4 cm³/mol. The lowest BCUT2D eigenvalue weighted by Gasteiger charge is -1.89. The molecule has 0 spiro atoms. The van der Waals surface area contributed by atoms with Crippen LogP contribution in [0.25, 0.3) is 0 Å². The van der Waals surface area contributed by atoms with Gasteiger partial charge in [0.15, 0.2) is 0 Å². The lowest BCUT2D eigenvalue weighted by Crippen LogP contribution is -2.11. The van der Waals surface area contributed by atoms with Crippen LogP contribution in [0.1, 0.15) is 6.92 Å². The zero-order chi connectivity index (χ0) is 13.1. The van der Waals surface area contributed by atoms with E-state index in [4.69, 9.17) is 30.6 Å². The lowest BCUT2D eigenvalue weighted by atomic mass is 10.9. The molecule has 0 radical (unpaired) electrons. The van der Waals surface area contributed by atoms with Crippen LogP contribution in [0.4, 0.5) is 4.79 Å². The summed E-state index contributed by atoms with van der Waals surface area (Å²) >= 11 is 0. The van der Waals surface area contributed by atoms with E-state index in [1.54, 1.807) is 6.92 Å². The number of carbonyl (C=O) groups excluding carboxylic acids is 4. The van der Waals surface area contributed by atoms with E-state index in [1.165, 1.54) is 0 Å². The minimum Gasteiger partial charge on any atom is -0.450 e. The molecule has 0 saturated carbocycles. The van der Waals surface area contributed by atoms with Crippen molar-refractivity contribution in [2.24, 2.45) is 5.73 Å². The molecule has 0 unspecified atom stereocenters. The maximum Gasteiger partial charge on any atom is 0.404 e. The smallest absolute Gasteiger partial charge is 0.404 e. The molecule has 0 aromatic heterocycles. The van der Waals surface area contributed by atoms with Crippen LogP contribution in [-0.2, 0) is 19.1 Å². The zero-order valence-electron chi connectivity index (χ0n) is 7.83. The topological polar surface area (TPSA) is 175 Å². The molecule has 1 amide bonds. The molecule has 0 aromatic rings. The Labute approximate surface area is 84.7 Å². The summed E-state index contributed by atoms with van der Waals surface area (Å²) in [5, 5.41) is 16.2. The van der Waals surface area contributed by atoms with E-state index in [9.17, 15) is 4.79 Å². The number of nitrogens with one attached hydrogen (secondary N) is 3. The van der Waals surface area contributed by atoms with Crippen LogP contribution in [0.2, 0.25) is 0 Å². The molecule has 0 fully saturated rings. The Bertz CT molecular complexity index is 205. The predicted octanol–water partition coefficient (Wildman–Crippen LogP) is -0.195. The van der Waals surface area contributed by atoms with E-state index in [0.29, 0.717) is 6.61 Å². The van der Waals surface area contributed by atoms with Crippen molar-refractivity contribution in [3.05, 3.63) is 0 Å². The molecule has 9 heteroatoms. The fraction of sp³-hybridized carbons (Fsp3) is 0.333. The summed E-state index contributed by atoms with van der Waals surface area (Å²) in [4.78, 5) is 34.6. The Balaban J connectivity index is -0.0000000581. The number of primary amides is 1. The van der Waals surface area contributed by atoms with E-state index in [1.807, 2.05) is 0 Å². The molecule has 5 N–H and O–H groups in total. The normalized spacial score (nSPS) is 4.60. The Hall–Kier alpha value is -2.59. The Morgan fingerprint density at radius 2 is 1.33 bits per heavy atom. The second kappa shape index (κ2) is 42.2. The minimum absolute atomic E-state index is 0.356. The monoisotopic (exact) mass is 218 g/mol. The summed E-state index contributed by atoms with van der Waals surface area (Å²) in [6.45, 7) is 2.06. The number of isocyanates is 3. The maximum atomic E-state index is 9.60. The highest BCUT2D eigenvalue weighted by Gasteiger charge is 1.82. The van der Waals surface area contributed by atoms with Gasteiger partial charge in [0.2, 0.25) is 18.2 Å². The molecular weight excluding hydrogens is 208 g/mol. The molecule has 0 aliphatic carbocycles. The highest BCUT2D eigenvalue weighted by molar-refractivity contribution is 5.64. The Morgan fingerprint density at radius 1 is 1.13 bits per heavy atom. The zero-order valence-corrected chi connectivity index (χ0v) is 7.83. The van der Waals surface area contributed by atoms with Crippen LogP contribution in [-0.4, -0.2) is 30.9 Å². The van der Waals surface area contributed by atoms with Crippen LogP contribution in [0.5, 0.6) is 0 Å². The number of amides is 1. The number of hydrogen-bond acceptors (Lipinski definition) is 8. The second-order valence-electron chi connectivity index (χ2n) is 1.06. The van der Waals surface area contributed by atoms with E-state index >= 15 is 0 Å². The molecular formula is C6H10N4O5. The van der Waals surface area contributed by atoms with Gasteiger partial charge in [0.05, 0.1) is 6.61 Å². The van der Waals surface area contributed by atoms with Crippen LogP contribution >= 0.6 is 0 Å². The van der Waals surface area contributed by atoms with Gasteiger partial charge in [0.25, 0.3) is 0 Å². The van der Waals surface area contributed by atoms with Gasteiger partial charge in [-0.2, -0.15) is 0 Å². The van der Waals surface area contributed by atoms with E-state index in [-0.39, 0.29) is 0 Å². The third kappa shape index (κ3) is 6010. The van der Waals surface area contributed by atoms with Gasteiger partial charge in [-0.1, -0.05) is 0 Å². The van der Waals surface area contributed by atoms with Crippen LogP contribution < -0.4 is 5.73 Å². The van der Waals surface area contributed by atoms with E-state index in [2.05, 4.69) is 10.5 Å². The highest BCUT2D eigenvalue weighted by Crippen LogP contribution is 1.66. The molecule has 0 aliphatic rings. The van der Waals surface area contributed by atoms with Gasteiger partial charge >= 0.3 is 6.09 Å². The summed E-state index contributed by atoms with van der Waals surface area (Å²) in [5.74, 6) is 0. The lowest BCUT2D eigenvalue weighted by molar-refractivity contribution is 0.163. The molecule has 0 heterocycles. The Kier molecular flexibility index (Phi) is 64.3. The van der Waals surface area contributed by atoms with Crippen molar-refractivity contribution in [1.82, 2.24) is 0 Å². The fourth-order valence-electron chi connectivity index (χ4n) is 0.142. The van der Waals surface area contributed by atoms with Crippen LogP contribution in [0.15, 0.2) is 0 Å². The third-order valence-electron chi connectivity index (χ3n) is 0.287. The van der Waals surface area contributed by atoms with Crippen LogP contribution in [0.3, 0.4) is 0 Å². The first kappa shape index (κ1) is 22.8. The largest absolute Gasteiger partial charge is 0.450 e. The quantitative estimate of drug-likeness (QED) is 0.351. The summed E-state index contributed by atoms with van der Waals surface area (Å²) < 4.78 is 4.18. The van der Waals surface area contributed by atoms with Gasteiger partial charge in [-0.05, 0) is 6.92 Å². The van der Waals surface area contributed by atoms with Crippen molar-refractivity contribution < 1.29 is 23.9 Å². The van der Waals surface area contributed by atoms with E-state index < -0.39 is 6.09 Å². The standard InChI is InChI=1S/C3H7NO2.3CHNO/c1-2-6-3(4)5;3*2-1-3/h2H2,1H3,(H2,4,5);3*2H. The molecule has 0 bridgehead atoms. The molecule has 9 nitrogen and oxygen atoms in total. The van der Waals surface area contributed by atoms with Gasteiger partial charge < -0.3 is 10.5 Å². The molecule has 84 valence electrons. The average molecular weight is 218 g/mol. The first-order chi connectivity index (χ1) is 7.01. The summed E-state index contributed by atoms with van der Waals surface area (Å²) in [6.07, 6.45) is 1.54. The van der Waals surface area contributed by atoms with Crippen molar-refractivity contribution in [3.63, 3.8) is 0 Å². The highest BCUT2D eigenvalue weighted by atomic mass is 16.5. The van der Waals surface area contributed by atoms with Gasteiger partial charge in [0.1, 0.15) is 0 Å². The van der Waals surface area contributed by atoms with Gasteiger partial charge in [0, 0.05) is 0 Å². The van der Waals surface area contributed by atoms with Crippen molar-refractivity contribution in [1.29, 1.82) is 16.2 Å². The second-order valence-corrected chi connectivity index (χ2v) is 1.06. The molecule has 0 aromatic carbocycles. The first-order valence-electron chi connectivity index (χ1n) is 3.06. The number of ether oxygens (including phenoxy) is 1. The van der Waals surface area contributed by atoms with Gasteiger partial charge in [-0.25, -0.2) is 35.4 Å². The molecule has 15 heavy (non-hydrogen) atoms. The summed E-state index contributed by atoms with van der Waals surface area (Å²) in [6, 6.07) is 0. The molecule has 0 saturated heterocycles. The van der Waals surface area contributed by atoms with Crippen molar-refractivity contribution in [3.8, 4) is 0 Å². The SMILES string of the molecule is CCOC(N)=O.N=C=O.N=C=O.N=C=O. The fourth-order valence-corrected chi connectivity index (χ4v) is 0.142. The van der Waals surface area contributed by atoms with Crippen molar-refractivity contribution in [2.45, 2.75) is 6.92 Å². The number of nitrogens with two attached hydrogens (primary N) is 1. The van der Waals surface area contributed by atoms with Gasteiger partial charge in [-0.15, -0.1) is 0 Å². The van der Waals surface area contributed by atoms with Crippen molar-refractivity contribution >= 4 is 24.3 Å². The maximum absolute atomic E-state index is 9.60. The minimum atomic E-state index is -0.711. The van der Waals surface area contributed by atoms with Crippen molar-refractivity contribution in [2.75, 3.05) is 6.61 Å². The van der Waals surface area contributed by atoms with E-state index in [0.717, 1.165) is 18.2 Å². The number of rotatable bonds is 1. The first-order valence-corrected chi connectivity index (χ1v) is 3.06. The average Bonchev–Trinajstić information content (AvgIpc) is 2.07.